The van der Waals surface area contributed by atoms with Gasteiger partial charge in [-0.1, -0.05) is 30.9 Å². The third kappa shape index (κ3) is 2.16. The maximum absolute atomic E-state index is 13.9. The Morgan fingerprint density at radius 1 is 1.26 bits per heavy atom. The summed E-state index contributed by atoms with van der Waals surface area (Å²) < 4.78 is 13.9. The Labute approximate surface area is 116 Å². The number of H-pyrrole nitrogens is 1. The molecule has 4 heteroatoms. The zero-order valence-corrected chi connectivity index (χ0v) is 11.3. The third-order valence-corrected chi connectivity index (χ3v) is 4.24. The van der Waals surface area contributed by atoms with E-state index in [1.165, 1.54) is 25.3 Å². The Bertz CT molecular complexity index is 629. The van der Waals surface area contributed by atoms with Crippen molar-refractivity contribution in [1.82, 2.24) is 4.98 Å². The topological polar surface area (TPSA) is 32.9 Å². The number of aldehydes is 1. The van der Waals surface area contributed by atoms with Crippen LogP contribution in [0.4, 0.5) is 4.39 Å². The van der Waals surface area contributed by atoms with E-state index in [-0.39, 0.29) is 0 Å². The van der Waals surface area contributed by atoms with Gasteiger partial charge < -0.3 is 4.98 Å². The summed E-state index contributed by atoms with van der Waals surface area (Å²) in [5.74, 6) is -0.0628. The number of benzene rings is 1. The molecule has 100 valence electrons. The average Bonchev–Trinajstić information content (AvgIpc) is 2.78. The lowest BCUT2D eigenvalue weighted by atomic mass is 9.85. The van der Waals surface area contributed by atoms with Crippen molar-refractivity contribution < 1.29 is 9.18 Å². The van der Waals surface area contributed by atoms with Crippen molar-refractivity contribution in [3.63, 3.8) is 0 Å². The molecule has 1 saturated carbocycles. The monoisotopic (exact) mass is 279 g/mol. The molecule has 0 unspecified atom stereocenters. The molecule has 19 heavy (non-hydrogen) atoms. The number of halogens is 2. The molecule has 2 aromatic rings. The van der Waals surface area contributed by atoms with Gasteiger partial charge in [0.2, 0.25) is 0 Å². The van der Waals surface area contributed by atoms with E-state index in [1.807, 2.05) is 0 Å². The van der Waals surface area contributed by atoms with Crippen molar-refractivity contribution >= 4 is 28.8 Å². The van der Waals surface area contributed by atoms with Crippen LogP contribution in [0.25, 0.3) is 10.9 Å². The van der Waals surface area contributed by atoms with Crippen LogP contribution in [0.3, 0.4) is 0 Å². The van der Waals surface area contributed by atoms with Gasteiger partial charge in [0.05, 0.1) is 5.52 Å². The molecule has 0 atom stereocenters. The quantitative estimate of drug-likeness (QED) is 0.786. The number of nitrogens with one attached hydrogen (secondary N) is 1. The first-order chi connectivity index (χ1) is 9.20. The predicted molar refractivity (Wildman–Crippen MR) is 74.5 cm³/mol. The first-order valence-electron chi connectivity index (χ1n) is 6.66. The summed E-state index contributed by atoms with van der Waals surface area (Å²) in [4.78, 5) is 14.5. The average molecular weight is 280 g/mol. The fourth-order valence-corrected chi connectivity index (χ4v) is 3.31. The summed E-state index contributed by atoms with van der Waals surface area (Å²) in [5, 5.41) is 0.919. The van der Waals surface area contributed by atoms with Crippen molar-refractivity contribution in [1.29, 1.82) is 0 Å². The van der Waals surface area contributed by atoms with Crippen molar-refractivity contribution in [2.45, 2.75) is 38.0 Å². The highest BCUT2D eigenvalue weighted by molar-refractivity contribution is 6.31. The number of fused-ring (bicyclic) bond motifs is 1. The SMILES string of the molecule is O=Cc1c(C2CCCCC2)[nH]c2c(F)cc(Cl)cc12. The smallest absolute Gasteiger partial charge is 0.152 e. The predicted octanol–water partition coefficient (Wildman–Crippen LogP) is 4.82. The number of carbonyl (C=O) groups excluding carboxylic acids is 1. The Morgan fingerprint density at radius 2 is 2.00 bits per heavy atom. The summed E-state index contributed by atoms with van der Waals surface area (Å²) in [7, 11) is 0. The molecular weight excluding hydrogens is 265 g/mol. The van der Waals surface area contributed by atoms with Crippen molar-refractivity contribution in [3.05, 3.63) is 34.2 Å². The fraction of sp³-hybridized carbons (Fsp3) is 0.400. The Balaban J connectivity index is 2.18. The van der Waals surface area contributed by atoms with E-state index in [0.29, 0.717) is 27.4 Å². The Kier molecular flexibility index (Phi) is 3.31. The van der Waals surface area contributed by atoms with Gasteiger partial charge in [-0.3, -0.25) is 4.79 Å². The first-order valence-corrected chi connectivity index (χ1v) is 7.04. The summed E-state index contributed by atoms with van der Waals surface area (Å²) in [5.41, 5.74) is 1.85. The zero-order chi connectivity index (χ0) is 13.4. The molecule has 2 nitrogen and oxygen atoms in total. The first kappa shape index (κ1) is 12.7. The van der Waals surface area contributed by atoms with Gasteiger partial charge in [0.1, 0.15) is 5.82 Å². The number of carbonyl (C=O) groups is 1. The molecule has 1 N–H and O–H groups in total. The highest BCUT2D eigenvalue weighted by atomic mass is 35.5. The molecule has 1 heterocycles. The highest BCUT2D eigenvalue weighted by Gasteiger charge is 2.23. The van der Waals surface area contributed by atoms with E-state index in [2.05, 4.69) is 4.98 Å². The van der Waals surface area contributed by atoms with Crippen LogP contribution in [0.1, 0.15) is 54.1 Å². The molecule has 1 aromatic heterocycles. The molecule has 1 aromatic carbocycles. The Morgan fingerprint density at radius 3 is 2.68 bits per heavy atom. The van der Waals surface area contributed by atoms with Crippen LogP contribution in [0.5, 0.6) is 0 Å². The van der Waals surface area contributed by atoms with Gasteiger partial charge in [0.15, 0.2) is 6.29 Å². The van der Waals surface area contributed by atoms with Crippen LogP contribution in [0.2, 0.25) is 5.02 Å². The van der Waals surface area contributed by atoms with Gasteiger partial charge in [-0.25, -0.2) is 4.39 Å². The van der Waals surface area contributed by atoms with Crippen LogP contribution >= 0.6 is 11.6 Å². The fourth-order valence-electron chi connectivity index (χ4n) is 3.10. The van der Waals surface area contributed by atoms with Crippen LogP contribution in [0.15, 0.2) is 12.1 Å². The summed E-state index contributed by atoms with van der Waals surface area (Å²) in [6.07, 6.45) is 6.51. The van der Waals surface area contributed by atoms with Gasteiger partial charge >= 0.3 is 0 Å². The summed E-state index contributed by atoms with van der Waals surface area (Å²) in [6, 6.07) is 2.94. The zero-order valence-electron chi connectivity index (χ0n) is 10.5. The van der Waals surface area contributed by atoms with Crippen LogP contribution in [-0.4, -0.2) is 11.3 Å². The maximum Gasteiger partial charge on any atom is 0.152 e. The lowest BCUT2D eigenvalue weighted by molar-refractivity contribution is 0.112. The van der Waals surface area contributed by atoms with Crippen molar-refractivity contribution in [3.8, 4) is 0 Å². The molecule has 3 rings (SSSR count). The number of aromatic amines is 1. The second-order valence-electron chi connectivity index (χ2n) is 5.22. The largest absolute Gasteiger partial charge is 0.355 e. The van der Waals surface area contributed by atoms with E-state index < -0.39 is 5.82 Å². The normalized spacial score (nSPS) is 16.9. The number of hydrogen-bond acceptors (Lipinski definition) is 1. The van der Waals surface area contributed by atoms with E-state index in [1.54, 1.807) is 6.07 Å². The molecule has 1 aliphatic rings. The van der Waals surface area contributed by atoms with Crippen LogP contribution in [-0.2, 0) is 0 Å². The van der Waals surface area contributed by atoms with E-state index in [0.717, 1.165) is 24.8 Å². The molecule has 0 amide bonds. The van der Waals surface area contributed by atoms with E-state index >= 15 is 0 Å². The summed E-state index contributed by atoms with van der Waals surface area (Å²) in [6.45, 7) is 0. The standard InChI is InChI=1S/C15H15ClFNO/c16-10-6-11-12(8-19)14(9-4-2-1-3-5-9)18-15(11)13(17)7-10/h6-9,18H,1-5H2. The molecule has 0 radical (unpaired) electrons. The number of aromatic nitrogens is 1. The van der Waals surface area contributed by atoms with Crippen LogP contribution in [0, 0.1) is 5.82 Å². The molecular formula is C15H15ClFNO. The van der Waals surface area contributed by atoms with E-state index in [4.69, 9.17) is 11.6 Å². The number of rotatable bonds is 2. The van der Waals surface area contributed by atoms with Gasteiger partial charge in [-0.2, -0.15) is 0 Å². The van der Waals surface area contributed by atoms with Crippen molar-refractivity contribution in [2.75, 3.05) is 0 Å². The second-order valence-corrected chi connectivity index (χ2v) is 5.65. The van der Waals surface area contributed by atoms with Gasteiger partial charge in [0.25, 0.3) is 0 Å². The lowest BCUT2D eigenvalue weighted by Crippen LogP contribution is -2.06. The second kappa shape index (κ2) is 4.97. The van der Waals surface area contributed by atoms with Gasteiger partial charge in [-0.15, -0.1) is 0 Å². The van der Waals surface area contributed by atoms with Crippen LogP contribution < -0.4 is 0 Å². The molecule has 0 spiro atoms. The van der Waals surface area contributed by atoms with Crippen molar-refractivity contribution in [2.24, 2.45) is 0 Å². The lowest BCUT2D eigenvalue weighted by Gasteiger charge is -2.21. The summed E-state index contributed by atoms with van der Waals surface area (Å²) >= 11 is 5.88. The minimum Gasteiger partial charge on any atom is -0.355 e. The Hall–Kier alpha value is -1.35. The number of hydrogen-bond donors (Lipinski definition) is 1. The molecule has 1 fully saturated rings. The van der Waals surface area contributed by atoms with Gasteiger partial charge in [-0.05, 0) is 30.9 Å². The molecule has 0 aliphatic heterocycles. The molecule has 0 saturated heterocycles. The highest BCUT2D eigenvalue weighted by Crippen LogP contribution is 2.37. The van der Waals surface area contributed by atoms with Gasteiger partial charge in [0, 0.05) is 21.7 Å². The minimum absolute atomic E-state index is 0.322. The molecule has 0 bridgehead atoms. The minimum atomic E-state index is -0.396. The third-order valence-electron chi connectivity index (χ3n) is 4.03. The van der Waals surface area contributed by atoms with E-state index in [9.17, 15) is 9.18 Å². The maximum atomic E-state index is 13.9. The molecule has 1 aliphatic carbocycles.